The van der Waals surface area contributed by atoms with Gasteiger partial charge in [0.2, 0.25) is 0 Å². The van der Waals surface area contributed by atoms with E-state index in [0.29, 0.717) is 0 Å². The van der Waals surface area contributed by atoms with Crippen molar-refractivity contribution in [3.63, 3.8) is 0 Å². The summed E-state index contributed by atoms with van der Waals surface area (Å²) in [7, 11) is 0. The fourth-order valence-corrected chi connectivity index (χ4v) is 0.243. The number of carbonyl (C=O) groups excluding carboxylic acids is 2. The molecule has 0 fully saturated rings. The van der Waals surface area contributed by atoms with Crippen molar-refractivity contribution in [1.82, 2.24) is 0 Å². The molecule has 0 rings (SSSR count). The number of carbonyl (C=O) groups is 2. The molecule has 0 saturated carbocycles. The highest BCUT2D eigenvalue weighted by Gasteiger charge is 2.02. The minimum Gasteiger partial charge on any atom is -0.431 e. The van der Waals surface area contributed by atoms with E-state index in [1.54, 1.807) is 0 Å². The molecule has 0 aromatic heterocycles. The molecule has 0 aromatic carbocycles. The zero-order valence-corrected chi connectivity index (χ0v) is 5.99. The van der Waals surface area contributed by atoms with Crippen LogP contribution in [0.1, 0.15) is 6.92 Å². The Bertz CT molecular complexity index is 214. The quantitative estimate of drug-likeness (QED) is 0.340. The Hall–Kier alpha value is -1.58. The van der Waals surface area contributed by atoms with Crippen molar-refractivity contribution in [1.29, 1.82) is 0 Å². The van der Waals surface area contributed by atoms with Gasteiger partial charge in [0.05, 0.1) is 5.57 Å². The molecule has 0 N–H and O–H groups in total. The molecule has 4 nitrogen and oxygen atoms in total. The highest BCUT2D eigenvalue weighted by Crippen LogP contribution is 1.93. The van der Waals surface area contributed by atoms with Crippen LogP contribution >= 0.6 is 0 Å². The number of hydrogen-bond donors (Lipinski definition) is 0. The first-order chi connectivity index (χ1) is 5.07. The van der Waals surface area contributed by atoms with E-state index in [-0.39, 0.29) is 5.57 Å². The first-order valence-corrected chi connectivity index (χ1v) is 2.79. The molecule has 0 aliphatic heterocycles. The first kappa shape index (κ1) is 9.42. The van der Waals surface area contributed by atoms with Crippen molar-refractivity contribution in [2.24, 2.45) is 0 Å². The summed E-state index contributed by atoms with van der Waals surface area (Å²) in [6, 6.07) is 0. The summed E-state index contributed by atoms with van der Waals surface area (Å²) in [5, 5.41) is 10.0. The van der Waals surface area contributed by atoms with E-state index in [0.717, 1.165) is 12.3 Å². The zero-order valence-electron chi connectivity index (χ0n) is 5.99. The van der Waals surface area contributed by atoms with E-state index in [1.165, 1.54) is 6.92 Å². The SMILES string of the molecule is C=CC(=O)OC=C(C)C([O])=O. The van der Waals surface area contributed by atoms with Gasteiger partial charge in [0.15, 0.2) is 0 Å². The molecule has 0 aliphatic rings. The van der Waals surface area contributed by atoms with Crippen molar-refractivity contribution in [3.8, 4) is 0 Å². The van der Waals surface area contributed by atoms with Crippen LogP contribution in [0.3, 0.4) is 0 Å². The zero-order chi connectivity index (χ0) is 8.85. The van der Waals surface area contributed by atoms with Crippen molar-refractivity contribution >= 4 is 11.9 Å². The second-order valence-corrected chi connectivity index (χ2v) is 1.73. The van der Waals surface area contributed by atoms with Gasteiger partial charge in [-0.25, -0.2) is 14.7 Å². The number of hydrogen-bond acceptors (Lipinski definition) is 3. The molecule has 0 atom stereocenters. The lowest BCUT2D eigenvalue weighted by molar-refractivity contribution is -0.138. The Balaban J connectivity index is 4.02. The molecule has 0 amide bonds. The Morgan fingerprint density at radius 3 is 2.36 bits per heavy atom. The third-order valence-corrected chi connectivity index (χ3v) is 0.840. The second kappa shape index (κ2) is 4.27. The van der Waals surface area contributed by atoms with Crippen LogP contribution in [0.5, 0.6) is 0 Å². The lowest BCUT2D eigenvalue weighted by Gasteiger charge is -1.91. The first-order valence-electron chi connectivity index (χ1n) is 2.79. The smallest absolute Gasteiger partial charge is 0.385 e. The third kappa shape index (κ3) is 3.91. The van der Waals surface area contributed by atoms with Crippen molar-refractivity contribution in [2.75, 3.05) is 0 Å². The topological polar surface area (TPSA) is 63.3 Å². The minimum atomic E-state index is -1.37. The summed E-state index contributed by atoms with van der Waals surface area (Å²) in [5.41, 5.74) is -0.153. The van der Waals surface area contributed by atoms with E-state index in [2.05, 4.69) is 11.3 Å². The van der Waals surface area contributed by atoms with Crippen LogP contribution in [0.4, 0.5) is 0 Å². The molecule has 11 heavy (non-hydrogen) atoms. The second-order valence-electron chi connectivity index (χ2n) is 1.73. The van der Waals surface area contributed by atoms with Crippen LogP contribution < -0.4 is 0 Å². The molecule has 0 aliphatic carbocycles. The molecule has 0 bridgehead atoms. The van der Waals surface area contributed by atoms with Crippen molar-refractivity contribution in [2.45, 2.75) is 6.92 Å². The Morgan fingerprint density at radius 1 is 1.45 bits per heavy atom. The van der Waals surface area contributed by atoms with Crippen molar-refractivity contribution < 1.29 is 19.4 Å². The third-order valence-electron chi connectivity index (χ3n) is 0.840. The largest absolute Gasteiger partial charge is 0.431 e. The van der Waals surface area contributed by atoms with Crippen LogP contribution in [0.25, 0.3) is 0 Å². The van der Waals surface area contributed by atoms with Crippen LogP contribution in [-0.2, 0) is 19.4 Å². The predicted molar refractivity (Wildman–Crippen MR) is 35.7 cm³/mol. The van der Waals surface area contributed by atoms with Crippen LogP contribution in [0.15, 0.2) is 24.5 Å². The Labute approximate surface area is 63.8 Å². The average molecular weight is 155 g/mol. The fraction of sp³-hybridized carbons (Fsp3) is 0.143. The molecule has 59 valence electrons. The number of ether oxygens (including phenoxy) is 1. The normalized spacial score (nSPS) is 10.5. The standard InChI is InChI=1S/C7H7O4/c1-3-6(8)11-4-5(2)7(9)10/h3-4H,1H2,2H3. The average Bonchev–Trinajstić information content (AvgIpc) is 1.99. The van der Waals surface area contributed by atoms with Crippen LogP contribution in [0, 0.1) is 0 Å². The molecule has 1 radical (unpaired) electrons. The summed E-state index contributed by atoms with van der Waals surface area (Å²) in [6.07, 6.45) is 1.73. The number of rotatable bonds is 3. The van der Waals surface area contributed by atoms with E-state index in [1.807, 2.05) is 0 Å². The maximum absolute atomic E-state index is 10.3. The highest BCUT2D eigenvalue weighted by atomic mass is 16.5. The Kier molecular flexibility index (Phi) is 3.66. The molecule has 0 aromatic rings. The van der Waals surface area contributed by atoms with Gasteiger partial charge in [-0.15, -0.1) is 0 Å². The van der Waals surface area contributed by atoms with Crippen molar-refractivity contribution in [3.05, 3.63) is 24.5 Å². The minimum absolute atomic E-state index is 0.153. The van der Waals surface area contributed by atoms with Gasteiger partial charge in [0.1, 0.15) is 6.26 Å². The monoisotopic (exact) mass is 155 g/mol. The fourth-order valence-electron chi connectivity index (χ4n) is 0.243. The molecule has 0 saturated heterocycles. The maximum atomic E-state index is 10.3. The van der Waals surface area contributed by atoms with Gasteiger partial charge in [-0.3, -0.25) is 0 Å². The molecule has 4 heteroatoms. The van der Waals surface area contributed by atoms with E-state index in [9.17, 15) is 14.7 Å². The van der Waals surface area contributed by atoms with Gasteiger partial charge >= 0.3 is 11.9 Å². The summed E-state index contributed by atoms with van der Waals surface area (Å²) in [5.74, 6) is -2.08. The van der Waals surface area contributed by atoms with Gasteiger partial charge in [0, 0.05) is 6.08 Å². The Morgan fingerprint density at radius 2 is 2.00 bits per heavy atom. The van der Waals surface area contributed by atoms with Gasteiger partial charge in [-0.1, -0.05) is 6.58 Å². The highest BCUT2D eigenvalue weighted by molar-refractivity contribution is 5.86. The van der Waals surface area contributed by atoms with Gasteiger partial charge < -0.3 is 4.74 Å². The summed E-state index contributed by atoms with van der Waals surface area (Å²) < 4.78 is 4.27. The van der Waals surface area contributed by atoms with E-state index in [4.69, 9.17) is 0 Å². The molecular formula is C7H7O4. The molecule has 0 unspecified atom stereocenters. The predicted octanol–water partition coefficient (Wildman–Crippen LogP) is 0.576. The van der Waals surface area contributed by atoms with Gasteiger partial charge in [-0.2, -0.15) is 0 Å². The lowest BCUT2D eigenvalue weighted by Crippen LogP contribution is -1.98. The van der Waals surface area contributed by atoms with Crippen LogP contribution in [0.2, 0.25) is 0 Å². The lowest BCUT2D eigenvalue weighted by atomic mass is 10.3. The number of esters is 1. The molecule has 0 heterocycles. The summed E-state index contributed by atoms with van der Waals surface area (Å²) in [6.45, 7) is 4.37. The summed E-state index contributed by atoms with van der Waals surface area (Å²) in [4.78, 5) is 20.3. The van der Waals surface area contributed by atoms with E-state index >= 15 is 0 Å². The molecular weight excluding hydrogens is 148 g/mol. The van der Waals surface area contributed by atoms with Crippen LogP contribution in [-0.4, -0.2) is 11.9 Å². The van der Waals surface area contributed by atoms with E-state index < -0.39 is 11.9 Å². The van der Waals surface area contributed by atoms with Gasteiger partial charge in [0.25, 0.3) is 0 Å². The molecule has 0 spiro atoms. The maximum Gasteiger partial charge on any atom is 0.385 e. The summed E-state index contributed by atoms with van der Waals surface area (Å²) >= 11 is 0. The van der Waals surface area contributed by atoms with Gasteiger partial charge in [-0.05, 0) is 6.92 Å².